The van der Waals surface area contributed by atoms with Gasteiger partial charge in [-0.25, -0.2) is 17.8 Å². The molecule has 186 valence electrons. The van der Waals surface area contributed by atoms with Gasteiger partial charge < -0.3 is 14.6 Å². The van der Waals surface area contributed by atoms with E-state index in [0.29, 0.717) is 5.75 Å². The van der Waals surface area contributed by atoms with E-state index in [4.69, 9.17) is 4.74 Å². The molecule has 3 aromatic carbocycles. The lowest BCUT2D eigenvalue weighted by molar-refractivity contribution is -0.119. The van der Waals surface area contributed by atoms with E-state index < -0.39 is 28.3 Å². The summed E-state index contributed by atoms with van der Waals surface area (Å²) in [6.07, 6.45) is 3.50. The quantitative estimate of drug-likeness (QED) is 0.371. The Hall–Kier alpha value is -4.18. The first kappa shape index (κ1) is 24.9. The van der Waals surface area contributed by atoms with E-state index in [9.17, 15) is 17.6 Å². The second-order valence-corrected chi connectivity index (χ2v) is 9.75. The molecule has 0 aliphatic carbocycles. The molecule has 1 N–H and O–H groups in total. The number of benzene rings is 3. The van der Waals surface area contributed by atoms with Gasteiger partial charge in [-0.2, -0.15) is 0 Å². The van der Waals surface area contributed by atoms with Crippen molar-refractivity contribution in [1.82, 2.24) is 14.9 Å². The average Bonchev–Trinajstić information content (AvgIpc) is 3.32. The summed E-state index contributed by atoms with van der Waals surface area (Å²) in [6, 6.07) is 18.6. The summed E-state index contributed by atoms with van der Waals surface area (Å²) >= 11 is 0. The van der Waals surface area contributed by atoms with Crippen molar-refractivity contribution in [3.05, 3.63) is 102 Å². The number of amides is 1. The van der Waals surface area contributed by atoms with Crippen molar-refractivity contribution in [2.45, 2.75) is 18.4 Å². The third-order valence-electron chi connectivity index (χ3n) is 5.61. The van der Waals surface area contributed by atoms with Crippen LogP contribution in [0.5, 0.6) is 5.75 Å². The van der Waals surface area contributed by atoms with Crippen LogP contribution in [0.4, 0.5) is 10.1 Å². The number of ether oxygens (including phenoxy) is 1. The summed E-state index contributed by atoms with van der Waals surface area (Å²) in [4.78, 5) is 17.1. The summed E-state index contributed by atoms with van der Waals surface area (Å²) in [5.41, 5.74) is 1.42. The lowest BCUT2D eigenvalue weighted by atomic mass is 10.1. The van der Waals surface area contributed by atoms with Crippen LogP contribution in [0.1, 0.15) is 11.4 Å². The number of nitrogens with zero attached hydrogens (tertiary/aromatic N) is 3. The summed E-state index contributed by atoms with van der Waals surface area (Å²) in [5, 5.41) is 2.76. The van der Waals surface area contributed by atoms with E-state index in [-0.39, 0.29) is 17.1 Å². The molecule has 0 aliphatic rings. The van der Waals surface area contributed by atoms with E-state index in [0.717, 1.165) is 27.4 Å². The summed E-state index contributed by atoms with van der Waals surface area (Å²) in [6.45, 7) is 1.40. The number of imidazole rings is 1. The number of hydrogen-bond acceptors (Lipinski definition) is 5. The molecule has 10 heteroatoms. The van der Waals surface area contributed by atoms with E-state index in [1.165, 1.54) is 49.6 Å². The first-order valence-electron chi connectivity index (χ1n) is 11.1. The Labute approximate surface area is 209 Å². The van der Waals surface area contributed by atoms with Gasteiger partial charge in [-0.05, 0) is 55.0 Å². The molecule has 4 aromatic rings. The monoisotopic (exact) mass is 508 g/mol. The van der Waals surface area contributed by atoms with Crippen molar-refractivity contribution in [1.29, 1.82) is 0 Å². The molecule has 1 heterocycles. The zero-order chi connectivity index (χ0) is 25.7. The second-order valence-electron chi connectivity index (χ2n) is 7.89. The standard InChI is InChI=1S/C26H25FN4O4S/c1-19-28-15-16-30(19)24-9-5-3-7-20(24)17-29-26(32)18-31(25-10-6-4-8-23(25)27)36(33,34)22-13-11-21(35-2)12-14-22/h3-16H,17-18H2,1-2H3,(H,29,32). The van der Waals surface area contributed by atoms with Crippen LogP contribution < -0.4 is 14.4 Å². The number of halogens is 1. The van der Waals surface area contributed by atoms with Crippen molar-refractivity contribution in [3.8, 4) is 11.4 Å². The van der Waals surface area contributed by atoms with Crippen LogP contribution in [0.3, 0.4) is 0 Å². The van der Waals surface area contributed by atoms with Gasteiger partial charge in [0.05, 0.1) is 23.4 Å². The normalized spacial score (nSPS) is 11.2. The third kappa shape index (κ3) is 5.23. The number of methoxy groups -OCH3 is 1. The molecule has 0 spiro atoms. The van der Waals surface area contributed by atoms with Gasteiger partial charge in [0.1, 0.15) is 23.9 Å². The Balaban J connectivity index is 1.59. The van der Waals surface area contributed by atoms with Crippen LogP contribution in [-0.4, -0.2) is 37.5 Å². The highest BCUT2D eigenvalue weighted by Crippen LogP contribution is 2.27. The number of aromatic nitrogens is 2. The molecule has 1 amide bonds. The van der Waals surface area contributed by atoms with E-state index >= 15 is 0 Å². The Morgan fingerprint density at radius 3 is 2.42 bits per heavy atom. The number of rotatable bonds is 9. The third-order valence-corrected chi connectivity index (χ3v) is 7.38. The van der Waals surface area contributed by atoms with Crippen LogP contribution in [0.15, 0.2) is 90.1 Å². The SMILES string of the molecule is COc1ccc(S(=O)(=O)N(CC(=O)NCc2ccccc2-n2ccnc2C)c2ccccc2F)cc1. The molecule has 0 bridgehead atoms. The summed E-state index contributed by atoms with van der Waals surface area (Å²) in [5.74, 6) is -0.100. The summed E-state index contributed by atoms with van der Waals surface area (Å²) in [7, 11) is -2.80. The first-order chi connectivity index (χ1) is 17.3. The van der Waals surface area contributed by atoms with Gasteiger partial charge in [0.2, 0.25) is 5.91 Å². The number of hydrogen-bond donors (Lipinski definition) is 1. The maximum atomic E-state index is 14.7. The lowest BCUT2D eigenvalue weighted by Gasteiger charge is -2.24. The molecule has 0 saturated carbocycles. The van der Waals surface area contributed by atoms with E-state index in [1.807, 2.05) is 42.0 Å². The van der Waals surface area contributed by atoms with Gasteiger partial charge in [-0.1, -0.05) is 30.3 Å². The summed E-state index contributed by atoms with van der Waals surface area (Å²) < 4.78 is 49.4. The molecule has 36 heavy (non-hydrogen) atoms. The molecule has 0 radical (unpaired) electrons. The number of sulfonamides is 1. The second kappa shape index (κ2) is 10.6. The number of anilines is 1. The first-order valence-corrected chi connectivity index (χ1v) is 12.5. The maximum Gasteiger partial charge on any atom is 0.264 e. The van der Waals surface area contributed by atoms with Crippen LogP contribution in [-0.2, 0) is 21.4 Å². The number of para-hydroxylation sites is 2. The fourth-order valence-electron chi connectivity index (χ4n) is 3.74. The lowest BCUT2D eigenvalue weighted by Crippen LogP contribution is -2.41. The molecule has 0 saturated heterocycles. The molecule has 0 fully saturated rings. The molecule has 8 nitrogen and oxygen atoms in total. The zero-order valence-electron chi connectivity index (χ0n) is 19.8. The fourth-order valence-corrected chi connectivity index (χ4v) is 5.17. The smallest absolute Gasteiger partial charge is 0.264 e. The van der Waals surface area contributed by atoms with Gasteiger partial charge in [-0.15, -0.1) is 0 Å². The molecule has 0 unspecified atom stereocenters. The van der Waals surface area contributed by atoms with Crippen molar-refractivity contribution < 1.29 is 22.3 Å². The van der Waals surface area contributed by atoms with Gasteiger partial charge in [0.25, 0.3) is 10.0 Å². The molecular weight excluding hydrogens is 483 g/mol. The number of carbonyl (C=O) groups excluding carboxylic acids is 1. The van der Waals surface area contributed by atoms with Crippen LogP contribution in [0.2, 0.25) is 0 Å². The van der Waals surface area contributed by atoms with Crippen molar-refractivity contribution in [3.63, 3.8) is 0 Å². The largest absolute Gasteiger partial charge is 0.497 e. The number of aryl methyl sites for hydroxylation is 1. The highest BCUT2D eigenvalue weighted by atomic mass is 32.2. The minimum absolute atomic E-state index is 0.0970. The predicted molar refractivity (Wildman–Crippen MR) is 134 cm³/mol. The molecule has 1 aromatic heterocycles. The van der Waals surface area contributed by atoms with Gasteiger partial charge in [-0.3, -0.25) is 9.10 Å². The maximum absolute atomic E-state index is 14.7. The zero-order valence-corrected chi connectivity index (χ0v) is 20.6. The van der Waals surface area contributed by atoms with Crippen LogP contribution in [0.25, 0.3) is 5.69 Å². The topological polar surface area (TPSA) is 93.5 Å². The van der Waals surface area contributed by atoms with Gasteiger partial charge in [0.15, 0.2) is 0 Å². The molecule has 0 aliphatic heterocycles. The molecular formula is C26H25FN4O4S. The van der Waals surface area contributed by atoms with Crippen LogP contribution in [0, 0.1) is 12.7 Å². The highest BCUT2D eigenvalue weighted by Gasteiger charge is 2.29. The fraction of sp³-hybridized carbons (Fsp3) is 0.154. The average molecular weight is 509 g/mol. The van der Waals surface area contributed by atoms with E-state index in [2.05, 4.69) is 10.3 Å². The number of nitrogens with one attached hydrogen (secondary N) is 1. The highest BCUT2D eigenvalue weighted by molar-refractivity contribution is 7.92. The van der Waals surface area contributed by atoms with Gasteiger partial charge in [0, 0.05) is 18.9 Å². The van der Waals surface area contributed by atoms with Crippen molar-refractivity contribution >= 4 is 21.6 Å². The van der Waals surface area contributed by atoms with Crippen molar-refractivity contribution in [2.24, 2.45) is 0 Å². The van der Waals surface area contributed by atoms with Crippen LogP contribution >= 0.6 is 0 Å². The molecule has 0 atom stereocenters. The minimum atomic E-state index is -4.26. The molecule has 4 rings (SSSR count). The Morgan fingerprint density at radius 1 is 1.06 bits per heavy atom. The Kier molecular flexibility index (Phi) is 7.35. The van der Waals surface area contributed by atoms with Crippen molar-refractivity contribution in [2.75, 3.05) is 18.0 Å². The van der Waals surface area contributed by atoms with E-state index in [1.54, 1.807) is 6.20 Å². The number of carbonyl (C=O) groups is 1. The Morgan fingerprint density at radius 2 is 1.75 bits per heavy atom. The Bertz CT molecular complexity index is 1470. The minimum Gasteiger partial charge on any atom is -0.497 e. The predicted octanol–water partition coefficient (Wildman–Crippen LogP) is 3.84. The van der Waals surface area contributed by atoms with Gasteiger partial charge >= 0.3 is 0 Å².